The molecule has 4 rings (SSSR count). The molecule has 2 fully saturated rings. The minimum Gasteiger partial charge on any atom is -0.349 e. The average molecular weight is 294 g/mol. The average Bonchev–Trinajstić information content (AvgIpc) is 3.08. The number of rotatable bonds is 2. The van der Waals surface area contributed by atoms with Gasteiger partial charge in [-0.1, -0.05) is 0 Å². The summed E-state index contributed by atoms with van der Waals surface area (Å²) in [5.74, 6) is 1.42. The molecule has 0 radical (unpaired) electrons. The third-order valence-corrected chi connectivity index (χ3v) is 5.01. The fourth-order valence-corrected chi connectivity index (χ4v) is 4.11. The van der Waals surface area contributed by atoms with Crippen molar-refractivity contribution >= 4 is 5.82 Å². The van der Waals surface area contributed by atoms with Gasteiger partial charge in [0, 0.05) is 36.9 Å². The van der Waals surface area contributed by atoms with Gasteiger partial charge in [-0.15, -0.1) is 0 Å². The van der Waals surface area contributed by atoms with Crippen molar-refractivity contribution in [1.82, 2.24) is 19.7 Å². The van der Waals surface area contributed by atoms with E-state index in [0.717, 1.165) is 18.7 Å². The van der Waals surface area contributed by atoms with E-state index in [9.17, 15) is 0 Å². The van der Waals surface area contributed by atoms with Gasteiger partial charge in [0.25, 0.3) is 0 Å². The molecule has 2 aromatic heterocycles. The molecule has 112 valence electrons. The van der Waals surface area contributed by atoms with Gasteiger partial charge in [-0.25, -0.2) is 4.98 Å². The molecule has 22 heavy (non-hydrogen) atoms. The number of nitrogens with zero attached hydrogens (tertiary/aromatic N) is 6. The van der Waals surface area contributed by atoms with Crippen LogP contribution in [0, 0.1) is 11.3 Å². The largest absolute Gasteiger partial charge is 0.349 e. The molecule has 0 saturated carbocycles. The molecule has 0 spiro atoms. The van der Waals surface area contributed by atoms with Gasteiger partial charge in [0.05, 0.1) is 12.4 Å². The second-order valence-corrected chi connectivity index (χ2v) is 6.21. The van der Waals surface area contributed by atoms with Crippen molar-refractivity contribution in [3.8, 4) is 6.07 Å². The predicted molar refractivity (Wildman–Crippen MR) is 81.2 cm³/mol. The van der Waals surface area contributed by atoms with E-state index in [4.69, 9.17) is 5.26 Å². The molecule has 6 heteroatoms. The first-order valence-electron chi connectivity index (χ1n) is 7.74. The van der Waals surface area contributed by atoms with E-state index in [2.05, 4.69) is 32.1 Å². The number of nitriles is 1. The first-order valence-corrected chi connectivity index (χ1v) is 7.74. The lowest BCUT2D eigenvalue weighted by Crippen LogP contribution is -2.43. The van der Waals surface area contributed by atoms with Crippen molar-refractivity contribution in [2.24, 2.45) is 7.05 Å². The molecule has 0 amide bonds. The first-order chi connectivity index (χ1) is 10.8. The van der Waals surface area contributed by atoms with E-state index in [1.807, 2.05) is 17.9 Å². The van der Waals surface area contributed by atoms with Crippen molar-refractivity contribution < 1.29 is 0 Å². The van der Waals surface area contributed by atoms with E-state index < -0.39 is 0 Å². The molecule has 0 aromatic carbocycles. The van der Waals surface area contributed by atoms with Gasteiger partial charge in [0.1, 0.15) is 11.9 Å². The summed E-state index contributed by atoms with van der Waals surface area (Å²) in [5, 5.41) is 13.3. The molecule has 0 aliphatic carbocycles. The lowest BCUT2D eigenvalue weighted by molar-refractivity contribution is 0.397. The molecule has 2 aromatic rings. The van der Waals surface area contributed by atoms with Gasteiger partial charge in [-0.3, -0.25) is 9.67 Å². The maximum Gasteiger partial charge on any atom is 0.161 e. The van der Waals surface area contributed by atoms with Crippen LogP contribution in [0.25, 0.3) is 0 Å². The van der Waals surface area contributed by atoms with E-state index in [1.165, 1.54) is 24.7 Å². The zero-order chi connectivity index (χ0) is 15.1. The van der Waals surface area contributed by atoms with Crippen LogP contribution in [0.1, 0.15) is 43.0 Å². The number of hydrogen-bond donors (Lipinski definition) is 0. The summed E-state index contributed by atoms with van der Waals surface area (Å²) in [6.45, 7) is 0. The van der Waals surface area contributed by atoms with Crippen LogP contribution < -0.4 is 4.90 Å². The minimum atomic E-state index is 0.394. The van der Waals surface area contributed by atoms with Crippen molar-refractivity contribution in [1.29, 1.82) is 5.26 Å². The standard InChI is InChI=1S/C16H18N6/c1-21-15(4-5-19-21)11-6-13-2-3-14(7-11)22(13)16-10-18-9-12(8-17)20-16/h4-5,9-11,13-14H,2-3,6-7H2,1H3. The van der Waals surface area contributed by atoms with E-state index in [0.29, 0.717) is 23.7 Å². The summed E-state index contributed by atoms with van der Waals surface area (Å²) in [6, 6.07) is 5.19. The van der Waals surface area contributed by atoms with E-state index in [1.54, 1.807) is 6.20 Å². The summed E-state index contributed by atoms with van der Waals surface area (Å²) in [6.07, 6.45) is 9.81. The van der Waals surface area contributed by atoms with Gasteiger partial charge in [0.2, 0.25) is 0 Å². The van der Waals surface area contributed by atoms with Crippen molar-refractivity contribution in [2.75, 3.05) is 4.90 Å². The van der Waals surface area contributed by atoms with Crippen LogP contribution in [-0.4, -0.2) is 31.8 Å². The fourth-order valence-electron chi connectivity index (χ4n) is 4.11. The van der Waals surface area contributed by atoms with Gasteiger partial charge in [-0.2, -0.15) is 10.4 Å². The Bertz CT molecular complexity index is 716. The Hall–Kier alpha value is -2.42. The summed E-state index contributed by atoms with van der Waals surface area (Å²) >= 11 is 0. The summed E-state index contributed by atoms with van der Waals surface area (Å²) in [4.78, 5) is 11.0. The van der Waals surface area contributed by atoms with Gasteiger partial charge in [-0.05, 0) is 31.7 Å². The Kier molecular flexibility index (Phi) is 3.07. The van der Waals surface area contributed by atoms with Gasteiger partial charge >= 0.3 is 0 Å². The first kappa shape index (κ1) is 13.3. The zero-order valence-electron chi connectivity index (χ0n) is 12.6. The molecule has 0 N–H and O–H groups in total. The van der Waals surface area contributed by atoms with Gasteiger partial charge in [0.15, 0.2) is 5.69 Å². The molecule has 2 saturated heterocycles. The van der Waals surface area contributed by atoms with E-state index in [-0.39, 0.29) is 0 Å². The summed E-state index contributed by atoms with van der Waals surface area (Å²) in [7, 11) is 2.02. The minimum absolute atomic E-state index is 0.394. The van der Waals surface area contributed by atoms with Gasteiger partial charge < -0.3 is 4.90 Å². The van der Waals surface area contributed by atoms with Crippen LogP contribution in [0.15, 0.2) is 24.7 Å². The Balaban J connectivity index is 1.61. The third-order valence-electron chi connectivity index (χ3n) is 5.01. The highest BCUT2D eigenvalue weighted by Crippen LogP contribution is 2.44. The van der Waals surface area contributed by atoms with Crippen LogP contribution in [0.4, 0.5) is 5.82 Å². The maximum atomic E-state index is 9.02. The molecule has 2 aliphatic heterocycles. The lowest BCUT2D eigenvalue weighted by Gasteiger charge is -2.39. The Morgan fingerprint density at radius 3 is 2.64 bits per heavy atom. The van der Waals surface area contributed by atoms with Crippen LogP contribution in [-0.2, 0) is 7.05 Å². The molecule has 6 nitrogen and oxygen atoms in total. The number of piperidine rings is 1. The van der Waals surface area contributed by atoms with Crippen LogP contribution in [0.3, 0.4) is 0 Å². The van der Waals surface area contributed by atoms with Crippen molar-refractivity contribution in [2.45, 2.75) is 43.7 Å². The Labute approximate surface area is 129 Å². The Morgan fingerprint density at radius 1 is 1.23 bits per heavy atom. The molecule has 2 bridgehead atoms. The fraction of sp³-hybridized carbons (Fsp3) is 0.500. The predicted octanol–water partition coefficient (Wildman–Crippen LogP) is 2.00. The quantitative estimate of drug-likeness (QED) is 0.847. The third kappa shape index (κ3) is 2.05. The second kappa shape index (κ2) is 5.09. The monoisotopic (exact) mass is 294 g/mol. The highest BCUT2D eigenvalue weighted by Gasteiger charge is 2.42. The lowest BCUT2D eigenvalue weighted by atomic mass is 9.88. The van der Waals surface area contributed by atoms with Crippen LogP contribution >= 0.6 is 0 Å². The molecular weight excluding hydrogens is 276 g/mol. The topological polar surface area (TPSA) is 70.6 Å². The van der Waals surface area contributed by atoms with Crippen LogP contribution in [0.5, 0.6) is 0 Å². The number of anilines is 1. The highest BCUT2D eigenvalue weighted by atomic mass is 15.3. The normalized spacial score (nSPS) is 26.9. The van der Waals surface area contributed by atoms with Crippen LogP contribution in [0.2, 0.25) is 0 Å². The number of fused-ring (bicyclic) bond motifs is 2. The molecule has 2 atom stereocenters. The molecular formula is C16H18N6. The molecule has 2 unspecified atom stereocenters. The van der Waals surface area contributed by atoms with E-state index >= 15 is 0 Å². The highest BCUT2D eigenvalue weighted by molar-refractivity contribution is 5.44. The summed E-state index contributed by atoms with van der Waals surface area (Å²) < 4.78 is 2.00. The van der Waals surface area contributed by atoms with Crippen molar-refractivity contribution in [3.63, 3.8) is 0 Å². The number of aromatic nitrogens is 4. The molecule has 4 heterocycles. The smallest absolute Gasteiger partial charge is 0.161 e. The number of hydrogen-bond acceptors (Lipinski definition) is 5. The SMILES string of the molecule is Cn1nccc1C1CC2CCC(C1)N2c1cncc(C#N)n1. The Morgan fingerprint density at radius 2 is 2.00 bits per heavy atom. The zero-order valence-corrected chi connectivity index (χ0v) is 12.6. The number of aryl methyl sites for hydroxylation is 1. The van der Waals surface area contributed by atoms with Crippen molar-refractivity contribution in [3.05, 3.63) is 36.0 Å². The summed E-state index contributed by atoms with van der Waals surface area (Å²) in [5.41, 5.74) is 1.72. The second-order valence-electron chi connectivity index (χ2n) is 6.21. The molecule has 2 aliphatic rings. The maximum absolute atomic E-state index is 9.02.